The second-order valence-electron chi connectivity index (χ2n) is 6.00. The third-order valence-corrected chi connectivity index (χ3v) is 3.51. The van der Waals surface area contributed by atoms with Crippen LogP contribution in [0.4, 0.5) is 0 Å². The van der Waals surface area contributed by atoms with E-state index < -0.39 is 0 Å². The molecule has 0 aliphatic carbocycles. The van der Waals surface area contributed by atoms with Gasteiger partial charge in [0.1, 0.15) is 11.3 Å². The van der Waals surface area contributed by atoms with E-state index >= 15 is 0 Å². The summed E-state index contributed by atoms with van der Waals surface area (Å²) in [4.78, 5) is 0. The highest BCUT2D eigenvalue weighted by molar-refractivity contribution is 5.93. The highest BCUT2D eigenvalue weighted by atomic mass is 16.3. The first kappa shape index (κ1) is 12.7. The fraction of sp³-hybridized carbons (Fsp3) is 0.250. The summed E-state index contributed by atoms with van der Waals surface area (Å²) in [5, 5.41) is 21.0. The van der Waals surface area contributed by atoms with Crippen LogP contribution < -0.4 is 0 Å². The molecule has 4 heteroatoms. The first-order chi connectivity index (χ1) is 9.47. The third-order valence-electron chi connectivity index (χ3n) is 3.51. The van der Waals surface area contributed by atoms with Crippen molar-refractivity contribution >= 4 is 11.0 Å². The minimum atomic E-state index is 0.0279. The SMILES string of the molecule is CC(C)(C)c1ccc(O)c(-c2cccc3[nH]nnc23)c1. The number of nitrogens with one attached hydrogen (secondary N) is 1. The molecule has 0 aliphatic heterocycles. The second kappa shape index (κ2) is 4.34. The van der Waals surface area contributed by atoms with Crippen molar-refractivity contribution in [3.8, 4) is 16.9 Å². The van der Waals surface area contributed by atoms with Gasteiger partial charge in [-0.05, 0) is 29.2 Å². The van der Waals surface area contributed by atoms with Crippen molar-refractivity contribution < 1.29 is 5.11 Å². The molecule has 0 radical (unpaired) electrons. The summed E-state index contributed by atoms with van der Waals surface area (Å²) in [6.07, 6.45) is 0. The number of aromatic nitrogens is 3. The normalized spacial score (nSPS) is 11.9. The molecule has 1 aromatic heterocycles. The maximum atomic E-state index is 10.2. The summed E-state index contributed by atoms with van der Waals surface area (Å²) in [5.41, 5.74) is 4.51. The summed E-state index contributed by atoms with van der Waals surface area (Å²) < 4.78 is 0. The van der Waals surface area contributed by atoms with E-state index in [-0.39, 0.29) is 11.2 Å². The second-order valence-corrected chi connectivity index (χ2v) is 6.00. The number of fused-ring (bicyclic) bond motifs is 1. The van der Waals surface area contributed by atoms with Gasteiger partial charge in [-0.1, -0.05) is 44.2 Å². The fourth-order valence-electron chi connectivity index (χ4n) is 2.31. The number of phenols is 1. The van der Waals surface area contributed by atoms with Crippen LogP contribution in [0.15, 0.2) is 36.4 Å². The molecule has 2 N–H and O–H groups in total. The highest BCUT2D eigenvalue weighted by Crippen LogP contribution is 2.36. The Labute approximate surface area is 117 Å². The molecule has 2 aromatic carbocycles. The largest absolute Gasteiger partial charge is 0.507 e. The van der Waals surface area contributed by atoms with Crippen molar-refractivity contribution in [3.63, 3.8) is 0 Å². The summed E-state index contributed by atoms with van der Waals surface area (Å²) >= 11 is 0. The molecule has 0 amide bonds. The zero-order valence-electron chi connectivity index (χ0n) is 11.8. The van der Waals surface area contributed by atoms with E-state index in [0.717, 1.165) is 22.2 Å². The van der Waals surface area contributed by atoms with Crippen LogP contribution in [-0.4, -0.2) is 20.5 Å². The lowest BCUT2D eigenvalue weighted by Crippen LogP contribution is -2.10. The van der Waals surface area contributed by atoms with E-state index in [4.69, 9.17) is 0 Å². The summed E-state index contributed by atoms with van der Waals surface area (Å²) in [5.74, 6) is 0.258. The molecule has 0 atom stereocenters. The van der Waals surface area contributed by atoms with E-state index in [9.17, 15) is 5.11 Å². The van der Waals surface area contributed by atoms with Gasteiger partial charge in [0.2, 0.25) is 0 Å². The van der Waals surface area contributed by atoms with Gasteiger partial charge in [-0.2, -0.15) is 0 Å². The monoisotopic (exact) mass is 267 g/mol. The lowest BCUT2D eigenvalue weighted by Gasteiger charge is -2.20. The van der Waals surface area contributed by atoms with Crippen molar-refractivity contribution in [2.45, 2.75) is 26.2 Å². The fourth-order valence-corrected chi connectivity index (χ4v) is 2.31. The Balaban J connectivity index is 2.26. The van der Waals surface area contributed by atoms with Gasteiger partial charge in [0.15, 0.2) is 0 Å². The van der Waals surface area contributed by atoms with Crippen molar-refractivity contribution in [2.24, 2.45) is 0 Å². The number of aromatic hydroxyl groups is 1. The highest BCUT2D eigenvalue weighted by Gasteiger charge is 2.17. The molecule has 3 rings (SSSR count). The van der Waals surface area contributed by atoms with Crippen LogP contribution in [0.5, 0.6) is 5.75 Å². The Hall–Kier alpha value is -2.36. The molecule has 0 saturated carbocycles. The number of hydrogen-bond acceptors (Lipinski definition) is 3. The number of phenolic OH excluding ortho intramolecular Hbond substituents is 1. The smallest absolute Gasteiger partial charge is 0.123 e. The number of H-pyrrole nitrogens is 1. The minimum absolute atomic E-state index is 0.0279. The van der Waals surface area contributed by atoms with Crippen LogP contribution in [-0.2, 0) is 5.41 Å². The van der Waals surface area contributed by atoms with Gasteiger partial charge in [0.05, 0.1) is 5.52 Å². The zero-order valence-corrected chi connectivity index (χ0v) is 11.8. The van der Waals surface area contributed by atoms with Gasteiger partial charge >= 0.3 is 0 Å². The maximum absolute atomic E-state index is 10.2. The van der Waals surface area contributed by atoms with Crippen LogP contribution in [0, 0.1) is 0 Å². The molecule has 3 aromatic rings. The number of nitrogens with zero attached hydrogens (tertiary/aromatic N) is 2. The van der Waals surface area contributed by atoms with Crippen molar-refractivity contribution in [1.82, 2.24) is 15.4 Å². The first-order valence-electron chi connectivity index (χ1n) is 6.60. The van der Waals surface area contributed by atoms with Crippen LogP contribution in [0.2, 0.25) is 0 Å². The maximum Gasteiger partial charge on any atom is 0.123 e. The average molecular weight is 267 g/mol. The molecule has 0 aliphatic rings. The van der Waals surface area contributed by atoms with Crippen LogP contribution in [0.3, 0.4) is 0 Å². The number of aromatic amines is 1. The molecular weight excluding hydrogens is 250 g/mol. The summed E-state index contributed by atoms with van der Waals surface area (Å²) in [6.45, 7) is 6.46. The average Bonchev–Trinajstić information content (AvgIpc) is 2.86. The quantitative estimate of drug-likeness (QED) is 0.707. The topological polar surface area (TPSA) is 61.8 Å². The predicted octanol–water partition coefficient (Wildman–Crippen LogP) is 3.63. The summed E-state index contributed by atoms with van der Waals surface area (Å²) in [6, 6.07) is 11.5. The Bertz CT molecular complexity index is 769. The van der Waals surface area contributed by atoms with Gasteiger partial charge < -0.3 is 5.11 Å². The van der Waals surface area contributed by atoms with Crippen LogP contribution in [0.25, 0.3) is 22.2 Å². The minimum Gasteiger partial charge on any atom is -0.507 e. The van der Waals surface area contributed by atoms with Crippen LogP contribution in [0.1, 0.15) is 26.3 Å². The van der Waals surface area contributed by atoms with Crippen molar-refractivity contribution in [1.29, 1.82) is 0 Å². The lowest BCUT2D eigenvalue weighted by molar-refractivity contribution is 0.476. The van der Waals surface area contributed by atoms with Crippen LogP contribution >= 0.6 is 0 Å². The first-order valence-corrected chi connectivity index (χ1v) is 6.60. The molecular formula is C16H17N3O. The van der Waals surface area contributed by atoms with Gasteiger partial charge in [-0.3, -0.25) is 5.10 Å². The zero-order chi connectivity index (χ0) is 14.3. The molecule has 0 saturated heterocycles. The van der Waals surface area contributed by atoms with Gasteiger partial charge in [0, 0.05) is 11.1 Å². The third kappa shape index (κ3) is 2.03. The predicted molar refractivity (Wildman–Crippen MR) is 79.7 cm³/mol. The molecule has 0 fully saturated rings. The molecule has 102 valence electrons. The molecule has 1 heterocycles. The van der Waals surface area contributed by atoms with Gasteiger partial charge in [-0.15, -0.1) is 5.10 Å². The Morgan fingerprint density at radius 1 is 1.05 bits per heavy atom. The van der Waals surface area contributed by atoms with Crippen molar-refractivity contribution in [3.05, 3.63) is 42.0 Å². The number of hydrogen-bond donors (Lipinski definition) is 2. The molecule has 0 bridgehead atoms. The van der Waals surface area contributed by atoms with Crippen molar-refractivity contribution in [2.75, 3.05) is 0 Å². The van der Waals surface area contributed by atoms with E-state index in [1.165, 1.54) is 5.56 Å². The number of rotatable bonds is 1. The molecule has 0 spiro atoms. The Kier molecular flexibility index (Phi) is 2.74. The lowest BCUT2D eigenvalue weighted by atomic mass is 9.85. The molecule has 20 heavy (non-hydrogen) atoms. The Morgan fingerprint density at radius 2 is 1.85 bits per heavy atom. The van der Waals surface area contributed by atoms with E-state index in [1.54, 1.807) is 6.07 Å². The molecule has 0 unspecified atom stereocenters. The van der Waals surface area contributed by atoms with Gasteiger partial charge in [-0.25, -0.2) is 0 Å². The summed E-state index contributed by atoms with van der Waals surface area (Å²) in [7, 11) is 0. The number of benzene rings is 2. The molecule has 4 nitrogen and oxygen atoms in total. The van der Waals surface area contributed by atoms with E-state index in [2.05, 4.69) is 36.2 Å². The standard InChI is InChI=1S/C16H17N3O/c1-16(2,3)10-7-8-14(20)12(9-10)11-5-4-6-13-15(11)18-19-17-13/h4-9,20H,1-3H3,(H,17,18,19). The Morgan fingerprint density at radius 3 is 2.60 bits per heavy atom. The van der Waals surface area contributed by atoms with Gasteiger partial charge in [0.25, 0.3) is 0 Å². The van der Waals surface area contributed by atoms with E-state index in [1.807, 2.05) is 30.3 Å². The van der Waals surface area contributed by atoms with E-state index in [0.29, 0.717) is 0 Å².